The van der Waals surface area contributed by atoms with E-state index in [-0.39, 0.29) is 17.0 Å². The molecular weight excluding hydrogens is 264 g/mol. The lowest BCUT2D eigenvalue weighted by atomic mass is 10.0. The van der Waals surface area contributed by atoms with E-state index in [4.69, 9.17) is 0 Å². The van der Waals surface area contributed by atoms with E-state index >= 15 is 0 Å². The fourth-order valence-corrected chi connectivity index (χ4v) is 1.74. The first-order chi connectivity index (χ1) is 9.47. The number of amides is 1. The molecule has 2 aromatic carbocycles. The van der Waals surface area contributed by atoms with Crippen LogP contribution in [0, 0.1) is 11.6 Å². The minimum Gasteiger partial charge on any atom is -0.326 e. The summed E-state index contributed by atoms with van der Waals surface area (Å²) in [6.07, 6.45) is 0. The van der Waals surface area contributed by atoms with Crippen LogP contribution in [0.15, 0.2) is 42.5 Å². The molecule has 0 aromatic heterocycles. The molecule has 20 heavy (non-hydrogen) atoms. The van der Waals surface area contributed by atoms with Crippen molar-refractivity contribution in [3.8, 4) is 0 Å². The number of hydrogen-bond acceptors (Lipinski definition) is 2. The highest BCUT2D eigenvalue weighted by Crippen LogP contribution is 2.17. The van der Waals surface area contributed by atoms with Gasteiger partial charge in [0.1, 0.15) is 11.6 Å². The Labute approximate surface area is 114 Å². The number of carbonyl (C=O) groups is 2. The minimum atomic E-state index is -0.776. The first-order valence-electron chi connectivity index (χ1n) is 5.85. The van der Waals surface area contributed by atoms with E-state index in [0.717, 1.165) is 18.2 Å². The fraction of sp³-hybridized carbons (Fsp3) is 0.0667. The zero-order chi connectivity index (χ0) is 14.7. The maximum absolute atomic E-state index is 13.5. The lowest BCUT2D eigenvalue weighted by molar-refractivity contribution is -0.114. The Morgan fingerprint density at radius 3 is 2.25 bits per heavy atom. The summed E-state index contributed by atoms with van der Waals surface area (Å²) in [5.74, 6) is -2.30. The number of hydrogen-bond donors (Lipinski definition) is 1. The van der Waals surface area contributed by atoms with Gasteiger partial charge in [0.25, 0.3) is 0 Å². The van der Waals surface area contributed by atoms with Gasteiger partial charge in [-0.05, 0) is 42.5 Å². The van der Waals surface area contributed by atoms with Crippen molar-refractivity contribution in [2.24, 2.45) is 0 Å². The molecule has 0 fully saturated rings. The van der Waals surface area contributed by atoms with E-state index in [1.165, 1.54) is 31.2 Å². The second-order valence-corrected chi connectivity index (χ2v) is 4.21. The molecule has 0 radical (unpaired) electrons. The Hall–Kier alpha value is -2.56. The third-order valence-corrected chi connectivity index (χ3v) is 2.64. The molecule has 0 spiro atoms. The van der Waals surface area contributed by atoms with Gasteiger partial charge in [0.05, 0.1) is 5.56 Å². The van der Waals surface area contributed by atoms with Crippen molar-refractivity contribution in [2.45, 2.75) is 6.92 Å². The Bertz CT molecular complexity index is 666. The predicted octanol–water partition coefficient (Wildman–Crippen LogP) is 3.15. The zero-order valence-corrected chi connectivity index (χ0v) is 10.6. The van der Waals surface area contributed by atoms with Crippen molar-refractivity contribution in [2.75, 3.05) is 5.32 Å². The van der Waals surface area contributed by atoms with Crippen LogP contribution in [0.3, 0.4) is 0 Å². The van der Waals surface area contributed by atoms with Gasteiger partial charge < -0.3 is 5.32 Å². The van der Waals surface area contributed by atoms with Crippen LogP contribution in [0.4, 0.5) is 14.5 Å². The van der Waals surface area contributed by atoms with Gasteiger partial charge in [-0.15, -0.1) is 0 Å². The SMILES string of the molecule is CC(=O)Nc1ccc(C(=O)c2cc(F)ccc2F)cc1. The summed E-state index contributed by atoms with van der Waals surface area (Å²) in [6.45, 7) is 1.36. The number of nitrogens with one attached hydrogen (secondary N) is 1. The molecule has 0 saturated carbocycles. The monoisotopic (exact) mass is 275 g/mol. The van der Waals surface area contributed by atoms with E-state index < -0.39 is 17.4 Å². The summed E-state index contributed by atoms with van der Waals surface area (Å²) in [5, 5.41) is 2.55. The lowest BCUT2D eigenvalue weighted by Gasteiger charge is -2.05. The summed E-state index contributed by atoms with van der Waals surface area (Å²) in [4.78, 5) is 22.9. The third-order valence-electron chi connectivity index (χ3n) is 2.64. The normalized spacial score (nSPS) is 10.2. The van der Waals surface area contributed by atoms with Crippen molar-refractivity contribution in [1.29, 1.82) is 0 Å². The summed E-state index contributed by atoms with van der Waals surface area (Å²) < 4.78 is 26.6. The third kappa shape index (κ3) is 3.06. The summed E-state index contributed by atoms with van der Waals surface area (Å²) >= 11 is 0. The number of ketones is 1. The van der Waals surface area contributed by atoms with Crippen molar-refractivity contribution in [3.05, 3.63) is 65.2 Å². The highest BCUT2D eigenvalue weighted by molar-refractivity contribution is 6.09. The molecule has 0 bridgehead atoms. The summed E-state index contributed by atoms with van der Waals surface area (Å²) in [7, 11) is 0. The average molecular weight is 275 g/mol. The molecule has 102 valence electrons. The molecule has 1 amide bonds. The van der Waals surface area contributed by atoms with Crippen LogP contribution in [0.25, 0.3) is 0 Å². The van der Waals surface area contributed by atoms with Crippen molar-refractivity contribution < 1.29 is 18.4 Å². The number of anilines is 1. The van der Waals surface area contributed by atoms with Crippen molar-refractivity contribution >= 4 is 17.4 Å². The lowest BCUT2D eigenvalue weighted by Crippen LogP contribution is -2.07. The molecule has 2 aromatic rings. The van der Waals surface area contributed by atoms with Crippen LogP contribution in [0.1, 0.15) is 22.8 Å². The maximum Gasteiger partial charge on any atom is 0.221 e. The van der Waals surface area contributed by atoms with Crippen LogP contribution >= 0.6 is 0 Å². The van der Waals surface area contributed by atoms with E-state index in [0.29, 0.717) is 5.69 Å². The minimum absolute atomic E-state index is 0.212. The van der Waals surface area contributed by atoms with Crippen LogP contribution < -0.4 is 5.32 Å². The Morgan fingerprint density at radius 1 is 1.00 bits per heavy atom. The van der Waals surface area contributed by atoms with Crippen molar-refractivity contribution in [1.82, 2.24) is 0 Å². The summed E-state index contributed by atoms with van der Waals surface area (Å²) in [5.41, 5.74) is 0.412. The Balaban J connectivity index is 2.29. The zero-order valence-electron chi connectivity index (χ0n) is 10.6. The number of halogens is 2. The predicted molar refractivity (Wildman–Crippen MR) is 70.5 cm³/mol. The van der Waals surface area contributed by atoms with Gasteiger partial charge >= 0.3 is 0 Å². The molecular formula is C15H11F2NO2. The molecule has 5 heteroatoms. The van der Waals surface area contributed by atoms with Gasteiger partial charge in [0.2, 0.25) is 5.91 Å². The molecule has 2 rings (SSSR count). The molecule has 0 aliphatic carbocycles. The molecule has 0 atom stereocenters. The first-order valence-corrected chi connectivity index (χ1v) is 5.85. The Morgan fingerprint density at radius 2 is 1.65 bits per heavy atom. The molecule has 1 N–H and O–H groups in total. The molecule has 0 aliphatic rings. The van der Waals surface area contributed by atoms with Crippen LogP contribution in [-0.2, 0) is 4.79 Å². The van der Waals surface area contributed by atoms with Gasteiger partial charge in [-0.1, -0.05) is 0 Å². The largest absolute Gasteiger partial charge is 0.326 e. The molecule has 3 nitrogen and oxygen atoms in total. The topological polar surface area (TPSA) is 46.2 Å². The van der Waals surface area contributed by atoms with Crippen molar-refractivity contribution in [3.63, 3.8) is 0 Å². The standard InChI is InChI=1S/C15H11F2NO2/c1-9(19)18-12-5-2-10(3-6-12)15(20)13-8-11(16)4-7-14(13)17/h2-8H,1H3,(H,18,19). The first kappa shape index (κ1) is 13.9. The van der Waals surface area contributed by atoms with E-state index in [1.54, 1.807) is 0 Å². The van der Waals surface area contributed by atoms with E-state index in [9.17, 15) is 18.4 Å². The number of rotatable bonds is 3. The fourth-order valence-electron chi connectivity index (χ4n) is 1.74. The molecule has 0 heterocycles. The van der Waals surface area contributed by atoms with Crippen LogP contribution in [0.5, 0.6) is 0 Å². The van der Waals surface area contributed by atoms with Crippen LogP contribution in [-0.4, -0.2) is 11.7 Å². The highest BCUT2D eigenvalue weighted by atomic mass is 19.1. The van der Waals surface area contributed by atoms with E-state index in [1.807, 2.05) is 0 Å². The van der Waals surface area contributed by atoms with Gasteiger partial charge in [-0.3, -0.25) is 9.59 Å². The average Bonchev–Trinajstić information content (AvgIpc) is 2.41. The van der Waals surface area contributed by atoms with Gasteiger partial charge in [0, 0.05) is 18.2 Å². The highest BCUT2D eigenvalue weighted by Gasteiger charge is 2.14. The quantitative estimate of drug-likeness (QED) is 0.875. The second kappa shape index (κ2) is 5.61. The van der Waals surface area contributed by atoms with Gasteiger partial charge in [-0.2, -0.15) is 0 Å². The second-order valence-electron chi connectivity index (χ2n) is 4.21. The van der Waals surface area contributed by atoms with Crippen LogP contribution in [0.2, 0.25) is 0 Å². The van der Waals surface area contributed by atoms with E-state index in [2.05, 4.69) is 5.32 Å². The smallest absolute Gasteiger partial charge is 0.221 e. The maximum atomic E-state index is 13.5. The summed E-state index contributed by atoms with van der Waals surface area (Å²) in [6, 6.07) is 8.65. The molecule has 0 aliphatic heterocycles. The number of carbonyl (C=O) groups excluding carboxylic acids is 2. The Kier molecular flexibility index (Phi) is 3.89. The van der Waals surface area contributed by atoms with Gasteiger partial charge in [0.15, 0.2) is 5.78 Å². The van der Waals surface area contributed by atoms with Gasteiger partial charge in [-0.25, -0.2) is 8.78 Å². The molecule has 0 unspecified atom stereocenters. The molecule has 0 saturated heterocycles. The number of benzene rings is 2.